The molecule has 0 aliphatic carbocycles. The number of methoxy groups -OCH3 is 3. The lowest BCUT2D eigenvalue weighted by Gasteiger charge is -2.19. The summed E-state index contributed by atoms with van der Waals surface area (Å²) >= 11 is 0. The summed E-state index contributed by atoms with van der Waals surface area (Å²) in [4.78, 5) is 12.8. The van der Waals surface area contributed by atoms with E-state index in [9.17, 15) is 13.2 Å². The molecule has 0 aromatic heterocycles. The molecule has 0 radical (unpaired) electrons. The Morgan fingerprint density at radius 3 is 1.83 bits per heavy atom. The Balaban J connectivity index is 2.23. The van der Waals surface area contributed by atoms with Crippen LogP contribution in [0.2, 0.25) is 0 Å². The number of ether oxygens (including phenoxy) is 3. The fourth-order valence-corrected chi connectivity index (χ4v) is 3.84. The summed E-state index contributed by atoms with van der Waals surface area (Å²) in [6, 6.07) is 9.10. The highest BCUT2D eigenvalue weighted by molar-refractivity contribution is 7.92. The second-order valence-electron chi connectivity index (χ2n) is 6.77. The van der Waals surface area contributed by atoms with E-state index in [-0.39, 0.29) is 16.8 Å². The van der Waals surface area contributed by atoms with Crippen LogP contribution in [0.3, 0.4) is 0 Å². The fourth-order valence-electron chi connectivity index (χ4n) is 2.78. The van der Waals surface area contributed by atoms with Crippen LogP contribution in [0.4, 0.5) is 0 Å². The van der Waals surface area contributed by atoms with Crippen molar-refractivity contribution in [3.63, 3.8) is 0 Å². The van der Waals surface area contributed by atoms with E-state index in [1.165, 1.54) is 45.6 Å². The van der Waals surface area contributed by atoms with Crippen LogP contribution in [0, 0.1) is 0 Å². The van der Waals surface area contributed by atoms with Crippen molar-refractivity contribution >= 4 is 15.7 Å². The van der Waals surface area contributed by atoms with Gasteiger partial charge in [0.2, 0.25) is 5.75 Å². The first-order valence-corrected chi connectivity index (χ1v) is 10.6. The van der Waals surface area contributed by atoms with Crippen LogP contribution < -0.4 is 19.5 Å². The second kappa shape index (κ2) is 9.17. The van der Waals surface area contributed by atoms with Gasteiger partial charge in [-0.3, -0.25) is 4.79 Å². The Labute approximate surface area is 171 Å². The van der Waals surface area contributed by atoms with Gasteiger partial charge < -0.3 is 19.5 Å². The van der Waals surface area contributed by atoms with Gasteiger partial charge in [-0.05, 0) is 62.7 Å². The first-order valence-electron chi connectivity index (χ1n) is 9.10. The van der Waals surface area contributed by atoms with Gasteiger partial charge in [0.25, 0.3) is 5.91 Å². The van der Waals surface area contributed by atoms with Gasteiger partial charge in [0.15, 0.2) is 21.3 Å². The summed E-state index contributed by atoms with van der Waals surface area (Å²) < 4.78 is 40.4. The molecule has 0 aliphatic rings. The van der Waals surface area contributed by atoms with Crippen molar-refractivity contribution in [2.75, 3.05) is 21.3 Å². The van der Waals surface area contributed by atoms with E-state index < -0.39 is 15.1 Å². The quantitative estimate of drug-likeness (QED) is 0.703. The van der Waals surface area contributed by atoms with E-state index in [0.29, 0.717) is 22.8 Å². The monoisotopic (exact) mass is 421 g/mol. The molecule has 0 heterocycles. The number of rotatable bonds is 8. The van der Waals surface area contributed by atoms with Crippen LogP contribution in [0.1, 0.15) is 42.7 Å². The molecule has 0 saturated carbocycles. The smallest absolute Gasteiger partial charge is 0.251 e. The number of amides is 1. The maximum absolute atomic E-state index is 12.6. The van der Waals surface area contributed by atoms with Gasteiger partial charge in [-0.2, -0.15) is 0 Å². The third-order valence-corrected chi connectivity index (χ3v) is 6.77. The highest BCUT2D eigenvalue weighted by Gasteiger charge is 2.21. The Kier molecular flexibility index (Phi) is 7.13. The van der Waals surface area contributed by atoms with E-state index >= 15 is 0 Å². The summed E-state index contributed by atoms with van der Waals surface area (Å²) in [6.07, 6.45) is 0. The summed E-state index contributed by atoms with van der Waals surface area (Å²) in [5.41, 5.74) is 1.14. The van der Waals surface area contributed by atoms with Crippen molar-refractivity contribution in [1.82, 2.24) is 5.32 Å². The molecule has 0 aliphatic heterocycles. The number of carbonyl (C=O) groups is 1. The van der Waals surface area contributed by atoms with Gasteiger partial charge in [-0.1, -0.05) is 0 Å². The Hall–Kier alpha value is -2.74. The molecule has 0 spiro atoms. The zero-order chi connectivity index (χ0) is 21.8. The molecule has 7 nitrogen and oxygen atoms in total. The van der Waals surface area contributed by atoms with Gasteiger partial charge in [0.1, 0.15) is 0 Å². The first kappa shape index (κ1) is 22.5. The maximum Gasteiger partial charge on any atom is 0.251 e. The predicted molar refractivity (Wildman–Crippen MR) is 111 cm³/mol. The van der Waals surface area contributed by atoms with Gasteiger partial charge in [-0.25, -0.2) is 8.42 Å². The molecule has 1 unspecified atom stereocenters. The number of carbonyl (C=O) groups excluding carboxylic acids is 1. The standard InChI is InChI=1S/C21H27NO6S/c1-13(2)29(24,25)17-9-7-15(8-10-17)21(23)22-14(3)16-11-18(26-4)20(28-6)19(12-16)27-5/h7-14H,1-6H3,(H,22,23). The van der Waals surface area contributed by atoms with Crippen molar-refractivity contribution in [3.8, 4) is 17.2 Å². The Bertz CT molecular complexity index is 942. The first-order chi connectivity index (χ1) is 13.6. The summed E-state index contributed by atoms with van der Waals surface area (Å²) in [6.45, 7) is 5.07. The molecule has 1 amide bonds. The number of sulfone groups is 1. The van der Waals surface area contributed by atoms with Crippen LogP contribution in [0.5, 0.6) is 17.2 Å². The third-order valence-electron chi connectivity index (χ3n) is 4.60. The molecule has 2 aromatic rings. The maximum atomic E-state index is 12.6. The molecular formula is C21H27NO6S. The van der Waals surface area contributed by atoms with Crippen molar-refractivity contribution in [2.24, 2.45) is 0 Å². The van der Waals surface area contributed by atoms with Crippen LogP contribution in [0.25, 0.3) is 0 Å². The number of nitrogens with one attached hydrogen (secondary N) is 1. The van der Waals surface area contributed by atoms with Crippen molar-refractivity contribution < 1.29 is 27.4 Å². The zero-order valence-corrected chi connectivity index (χ0v) is 18.3. The molecule has 8 heteroatoms. The number of hydrogen-bond acceptors (Lipinski definition) is 6. The van der Waals surface area contributed by atoms with Gasteiger partial charge in [0.05, 0.1) is 37.5 Å². The van der Waals surface area contributed by atoms with Gasteiger partial charge in [0, 0.05) is 5.56 Å². The van der Waals surface area contributed by atoms with Gasteiger partial charge >= 0.3 is 0 Å². The summed E-state index contributed by atoms with van der Waals surface area (Å²) in [7, 11) is 1.19. The fraction of sp³-hybridized carbons (Fsp3) is 0.381. The lowest BCUT2D eigenvalue weighted by molar-refractivity contribution is 0.0939. The minimum absolute atomic E-state index is 0.196. The molecule has 0 fully saturated rings. The molecule has 2 aromatic carbocycles. The van der Waals surface area contributed by atoms with E-state index in [4.69, 9.17) is 14.2 Å². The van der Waals surface area contributed by atoms with Crippen molar-refractivity contribution in [2.45, 2.75) is 37.0 Å². The minimum Gasteiger partial charge on any atom is -0.493 e. The van der Waals surface area contributed by atoms with Crippen molar-refractivity contribution in [3.05, 3.63) is 47.5 Å². The lowest BCUT2D eigenvalue weighted by atomic mass is 10.1. The predicted octanol–water partition coefficient (Wildman–Crippen LogP) is 3.39. The van der Waals surface area contributed by atoms with Crippen LogP contribution in [0.15, 0.2) is 41.3 Å². The van der Waals surface area contributed by atoms with E-state index in [1.807, 2.05) is 6.92 Å². The Morgan fingerprint density at radius 2 is 1.41 bits per heavy atom. The molecular weight excluding hydrogens is 394 g/mol. The molecule has 29 heavy (non-hydrogen) atoms. The molecule has 1 atom stereocenters. The molecule has 0 bridgehead atoms. The van der Waals surface area contributed by atoms with Crippen LogP contribution >= 0.6 is 0 Å². The third kappa shape index (κ3) is 4.82. The van der Waals surface area contributed by atoms with Gasteiger partial charge in [-0.15, -0.1) is 0 Å². The van der Waals surface area contributed by atoms with E-state index in [2.05, 4.69) is 5.32 Å². The molecule has 2 rings (SSSR count). The van der Waals surface area contributed by atoms with Crippen LogP contribution in [-0.2, 0) is 9.84 Å². The number of hydrogen-bond donors (Lipinski definition) is 1. The average molecular weight is 422 g/mol. The van der Waals surface area contributed by atoms with E-state index in [0.717, 1.165) is 5.56 Å². The molecule has 1 N–H and O–H groups in total. The SMILES string of the molecule is COc1cc(C(C)NC(=O)c2ccc(S(=O)(=O)C(C)C)cc2)cc(OC)c1OC. The van der Waals surface area contributed by atoms with E-state index in [1.54, 1.807) is 26.0 Å². The largest absolute Gasteiger partial charge is 0.493 e. The summed E-state index contributed by atoms with van der Waals surface area (Å²) in [5, 5.41) is 2.37. The summed E-state index contributed by atoms with van der Waals surface area (Å²) in [5.74, 6) is 1.14. The normalized spacial score (nSPS) is 12.4. The zero-order valence-electron chi connectivity index (χ0n) is 17.5. The van der Waals surface area contributed by atoms with Crippen molar-refractivity contribution in [1.29, 1.82) is 0 Å². The Morgan fingerprint density at radius 1 is 0.897 bits per heavy atom. The lowest BCUT2D eigenvalue weighted by Crippen LogP contribution is -2.26. The molecule has 0 saturated heterocycles. The minimum atomic E-state index is -3.38. The van der Waals surface area contributed by atoms with Crippen LogP contribution in [-0.4, -0.2) is 40.9 Å². The average Bonchev–Trinajstić information content (AvgIpc) is 2.72. The topological polar surface area (TPSA) is 90.9 Å². The highest BCUT2D eigenvalue weighted by Crippen LogP contribution is 2.39. The molecule has 158 valence electrons. The highest BCUT2D eigenvalue weighted by atomic mass is 32.2. The number of benzene rings is 2. The second-order valence-corrected chi connectivity index (χ2v) is 9.28.